The smallest absolute Gasteiger partial charge is 0.258 e. The predicted molar refractivity (Wildman–Crippen MR) is 127 cm³/mol. The van der Waals surface area contributed by atoms with Gasteiger partial charge in [-0.15, -0.1) is 0 Å². The van der Waals surface area contributed by atoms with Gasteiger partial charge < -0.3 is 24.7 Å². The SMILES string of the molecule is CC(Oc1cccc(C(CN2CCCC2)N(C)C(=O)Cc2coc3ccccc23)c1)C(N)=O. The van der Waals surface area contributed by atoms with Gasteiger partial charge in [-0.05, 0) is 56.6 Å². The first-order chi connectivity index (χ1) is 15.9. The third-order valence-electron chi connectivity index (χ3n) is 6.35. The number of fused-ring (bicyclic) bond motifs is 1. The highest BCUT2D eigenvalue weighted by atomic mass is 16.5. The molecule has 1 aromatic heterocycles. The van der Waals surface area contributed by atoms with E-state index in [1.807, 2.05) is 54.4 Å². The van der Waals surface area contributed by atoms with Gasteiger partial charge >= 0.3 is 0 Å². The zero-order valence-electron chi connectivity index (χ0n) is 19.2. The molecule has 0 spiro atoms. The van der Waals surface area contributed by atoms with E-state index in [1.165, 1.54) is 12.8 Å². The normalized spacial score (nSPS) is 15.9. The highest BCUT2D eigenvalue weighted by Gasteiger charge is 2.27. The molecule has 2 aromatic carbocycles. The van der Waals surface area contributed by atoms with Crippen LogP contribution in [0.3, 0.4) is 0 Å². The number of ether oxygens (including phenoxy) is 1. The first-order valence-electron chi connectivity index (χ1n) is 11.4. The largest absolute Gasteiger partial charge is 0.481 e. The topological polar surface area (TPSA) is 89.0 Å². The van der Waals surface area contributed by atoms with E-state index >= 15 is 0 Å². The molecule has 3 aromatic rings. The molecule has 1 saturated heterocycles. The molecule has 4 rings (SSSR count). The minimum Gasteiger partial charge on any atom is -0.481 e. The fraction of sp³-hybridized carbons (Fsp3) is 0.385. The minimum atomic E-state index is -0.731. The predicted octanol–water partition coefficient (Wildman–Crippen LogP) is 3.52. The van der Waals surface area contributed by atoms with Crippen LogP contribution in [-0.4, -0.2) is 54.4 Å². The Morgan fingerprint density at radius 3 is 2.67 bits per heavy atom. The first-order valence-corrected chi connectivity index (χ1v) is 11.4. The fourth-order valence-electron chi connectivity index (χ4n) is 4.35. The van der Waals surface area contributed by atoms with E-state index in [0.29, 0.717) is 5.75 Å². The Hall–Kier alpha value is -3.32. The highest BCUT2D eigenvalue weighted by molar-refractivity contribution is 5.87. The van der Waals surface area contributed by atoms with Gasteiger partial charge in [0.25, 0.3) is 5.91 Å². The molecule has 0 aliphatic carbocycles. The maximum atomic E-state index is 13.4. The Labute approximate surface area is 194 Å². The fourth-order valence-corrected chi connectivity index (χ4v) is 4.35. The first kappa shape index (κ1) is 22.9. The zero-order chi connectivity index (χ0) is 23.4. The van der Waals surface area contributed by atoms with E-state index in [0.717, 1.165) is 41.7 Å². The summed E-state index contributed by atoms with van der Waals surface area (Å²) >= 11 is 0. The van der Waals surface area contributed by atoms with Crippen molar-refractivity contribution in [2.75, 3.05) is 26.7 Å². The van der Waals surface area contributed by atoms with Crippen LogP contribution >= 0.6 is 0 Å². The van der Waals surface area contributed by atoms with Gasteiger partial charge in [0.1, 0.15) is 11.3 Å². The second-order valence-electron chi connectivity index (χ2n) is 8.70. The average Bonchev–Trinajstić information content (AvgIpc) is 3.47. The number of primary amides is 1. The number of benzene rings is 2. The molecule has 0 saturated carbocycles. The molecule has 2 atom stereocenters. The molecule has 1 aliphatic heterocycles. The van der Waals surface area contributed by atoms with Crippen molar-refractivity contribution in [1.29, 1.82) is 0 Å². The summed E-state index contributed by atoms with van der Waals surface area (Å²) in [6.07, 6.45) is 3.55. The van der Waals surface area contributed by atoms with Crippen LogP contribution in [-0.2, 0) is 16.0 Å². The second kappa shape index (κ2) is 10.1. The number of hydrogen-bond acceptors (Lipinski definition) is 5. The van der Waals surface area contributed by atoms with E-state index < -0.39 is 12.0 Å². The summed E-state index contributed by atoms with van der Waals surface area (Å²) in [7, 11) is 1.85. The van der Waals surface area contributed by atoms with Crippen molar-refractivity contribution in [3.63, 3.8) is 0 Å². The minimum absolute atomic E-state index is 0.0163. The number of hydrogen-bond donors (Lipinski definition) is 1. The Morgan fingerprint density at radius 1 is 1.15 bits per heavy atom. The summed E-state index contributed by atoms with van der Waals surface area (Å²) in [5.74, 6) is 0.0585. The van der Waals surface area contributed by atoms with Crippen molar-refractivity contribution < 1.29 is 18.7 Å². The molecular weight excluding hydrogens is 418 g/mol. The molecule has 7 nitrogen and oxygen atoms in total. The number of likely N-dealkylation sites (N-methyl/N-ethyl adjacent to an activating group) is 1. The Balaban J connectivity index is 1.57. The van der Waals surface area contributed by atoms with E-state index in [-0.39, 0.29) is 18.4 Å². The van der Waals surface area contributed by atoms with E-state index in [2.05, 4.69) is 4.90 Å². The van der Waals surface area contributed by atoms with Gasteiger partial charge in [-0.1, -0.05) is 30.3 Å². The Bertz CT molecular complexity index is 1120. The number of carbonyl (C=O) groups excluding carboxylic acids is 2. The van der Waals surface area contributed by atoms with Gasteiger partial charge in [-0.2, -0.15) is 0 Å². The van der Waals surface area contributed by atoms with Crippen LogP contribution in [0.15, 0.2) is 59.2 Å². The standard InChI is InChI=1S/C26H31N3O4/c1-18(26(27)31)33-21-9-7-8-19(14-21)23(16-29-12-5-6-13-29)28(2)25(30)15-20-17-32-24-11-4-3-10-22(20)24/h3-4,7-11,14,17-18,23H,5-6,12-13,15-16H2,1-2H3,(H2,27,31). The van der Waals surface area contributed by atoms with E-state index in [1.54, 1.807) is 19.3 Å². The highest BCUT2D eigenvalue weighted by Crippen LogP contribution is 2.28. The maximum absolute atomic E-state index is 13.4. The summed E-state index contributed by atoms with van der Waals surface area (Å²) in [5, 5.41) is 0.964. The molecule has 2 N–H and O–H groups in total. The third-order valence-corrected chi connectivity index (χ3v) is 6.35. The monoisotopic (exact) mass is 449 g/mol. The molecule has 1 fully saturated rings. The second-order valence-corrected chi connectivity index (χ2v) is 8.70. The molecule has 7 heteroatoms. The molecule has 0 bridgehead atoms. The van der Waals surface area contributed by atoms with Crippen molar-refractivity contribution in [3.05, 3.63) is 65.9 Å². The number of furan rings is 1. The average molecular weight is 450 g/mol. The summed E-state index contributed by atoms with van der Waals surface area (Å²) in [6.45, 7) is 4.42. The van der Waals surface area contributed by atoms with Crippen LogP contribution in [0.2, 0.25) is 0 Å². The van der Waals surface area contributed by atoms with Crippen LogP contribution < -0.4 is 10.5 Å². The lowest BCUT2D eigenvalue weighted by atomic mass is 10.0. The van der Waals surface area contributed by atoms with Gasteiger partial charge in [0.05, 0.1) is 18.7 Å². The molecule has 2 unspecified atom stereocenters. The van der Waals surface area contributed by atoms with Crippen molar-refractivity contribution in [1.82, 2.24) is 9.80 Å². The molecular formula is C26H31N3O4. The van der Waals surface area contributed by atoms with Crippen molar-refractivity contribution in [3.8, 4) is 5.75 Å². The number of nitrogens with zero attached hydrogens (tertiary/aromatic N) is 2. The third kappa shape index (κ3) is 5.37. The van der Waals surface area contributed by atoms with E-state index in [4.69, 9.17) is 14.9 Å². The summed E-state index contributed by atoms with van der Waals surface area (Å²) in [4.78, 5) is 29.0. The molecule has 1 aliphatic rings. The van der Waals surface area contributed by atoms with Crippen molar-refractivity contribution >= 4 is 22.8 Å². The van der Waals surface area contributed by atoms with Crippen molar-refractivity contribution in [2.45, 2.75) is 38.3 Å². The number of carbonyl (C=O) groups is 2. The van der Waals surface area contributed by atoms with Crippen LogP contribution in [0.25, 0.3) is 11.0 Å². The molecule has 174 valence electrons. The lowest BCUT2D eigenvalue weighted by molar-refractivity contribution is -0.131. The number of amides is 2. The summed E-state index contributed by atoms with van der Waals surface area (Å²) < 4.78 is 11.3. The zero-order valence-corrected chi connectivity index (χ0v) is 19.2. The molecule has 2 heterocycles. The maximum Gasteiger partial charge on any atom is 0.258 e. The molecule has 0 radical (unpaired) electrons. The van der Waals surface area contributed by atoms with Gasteiger partial charge in [0.15, 0.2) is 6.10 Å². The van der Waals surface area contributed by atoms with Gasteiger partial charge in [-0.25, -0.2) is 0 Å². The van der Waals surface area contributed by atoms with Gasteiger partial charge in [-0.3, -0.25) is 9.59 Å². The Morgan fingerprint density at radius 2 is 1.91 bits per heavy atom. The lowest BCUT2D eigenvalue weighted by Crippen LogP contribution is -2.39. The number of para-hydroxylation sites is 1. The quantitative estimate of drug-likeness (QED) is 0.540. The number of likely N-dealkylation sites (tertiary alicyclic amines) is 1. The van der Waals surface area contributed by atoms with E-state index in [9.17, 15) is 9.59 Å². The summed E-state index contributed by atoms with van der Waals surface area (Å²) in [5.41, 5.74) is 7.98. The molecule has 33 heavy (non-hydrogen) atoms. The van der Waals surface area contributed by atoms with Gasteiger partial charge in [0.2, 0.25) is 5.91 Å². The van der Waals surface area contributed by atoms with Crippen molar-refractivity contribution in [2.24, 2.45) is 5.73 Å². The van der Waals surface area contributed by atoms with Crippen LogP contribution in [0.4, 0.5) is 0 Å². The van der Waals surface area contributed by atoms with Gasteiger partial charge in [0, 0.05) is 24.5 Å². The number of nitrogens with two attached hydrogens (primary N) is 1. The van der Waals surface area contributed by atoms with Crippen LogP contribution in [0, 0.1) is 0 Å². The summed E-state index contributed by atoms with van der Waals surface area (Å²) in [6, 6.07) is 15.2. The van der Waals surface area contributed by atoms with Crippen LogP contribution in [0.5, 0.6) is 5.75 Å². The number of rotatable bonds is 9. The van der Waals surface area contributed by atoms with Crippen LogP contribution in [0.1, 0.15) is 36.9 Å². The molecule has 2 amide bonds. The Kier molecular flexibility index (Phi) is 6.99. The lowest BCUT2D eigenvalue weighted by Gasteiger charge is -2.32.